The molecule has 0 saturated heterocycles. The van der Waals surface area contributed by atoms with E-state index in [2.05, 4.69) is 0 Å². The standard InChI is InChI=1S/C17H22ClN3O/c18-13-4-14(16(20)22)15(19)21(8-13)9-17-5-10-1-11(6-17)3-12(2-10)7-17/h4,8,10-12,19H,1-3,5-7,9H2,(H2,20,22). The molecule has 4 saturated carbocycles. The number of nitrogens with zero attached hydrogens (tertiary/aromatic N) is 1. The molecule has 1 amide bonds. The second-order valence-corrected chi connectivity index (χ2v) is 8.27. The first-order valence-electron chi connectivity index (χ1n) is 8.18. The number of primary amides is 1. The van der Waals surface area contributed by atoms with E-state index in [-0.39, 0.29) is 11.1 Å². The first-order valence-corrected chi connectivity index (χ1v) is 8.56. The Morgan fingerprint density at radius 1 is 1.27 bits per heavy atom. The van der Waals surface area contributed by atoms with E-state index >= 15 is 0 Å². The molecule has 4 aliphatic carbocycles. The molecule has 3 N–H and O–H groups in total. The fourth-order valence-corrected chi connectivity index (χ4v) is 6.00. The van der Waals surface area contributed by atoms with Crippen LogP contribution in [0.4, 0.5) is 0 Å². The predicted octanol–water partition coefficient (Wildman–Crippen LogP) is 2.94. The van der Waals surface area contributed by atoms with E-state index in [9.17, 15) is 4.79 Å². The van der Waals surface area contributed by atoms with Crippen LogP contribution in [-0.2, 0) is 6.54 Å². The SMILES string of the molecule is N=c1c(C(N)=O)cc(Cl)cn1CC12CC3CC(CC(C3)C1)C2. The van der Waals surface area contributed by atoms with E-state index in [4.69, 9.17) is 22.7 Å². The average Bonchev–Trinajstić information content (AvgIpc) is 2.40. The zero-order valence-electron chi connectivity index (χ0n) is 12.6. The van der Waals surface area contributed by atoms with Gasteiger partial charge in [-0.3, -0.25) is 10.2 Å². The van der Waals surface area contributed by atoms with Crippen molar-refractivity contribution in [3.8, 4) is 0 Å². The maximum Gasteiger partial charge on any atom is 0.252 e. The van der Waals surface area contributed by atoms with Gasteiger partial charge in [0.2, 0.25) is 0 Å². The quantitative estimate of drug-likeness (QED) is 0.883. The summed E-state index contributed by atoms with van der Waals surface area (Å²) in [6, 6.07) is 1.50. The lowest BCUT2D eigenvalue weighted by Crippen LogP contribution is -2.49. The fourth-order valence-electron chi connectivity index (χ4n) is 5.77. The molecule has 0 spiro atoms. The highest BCUT2D eigenvalue weighted by molar-refractivity contribution is 6.30. The van der Waals surface area contributed by atoms with Crippen molar-refractivity contribution in [1.29, 1.82) is 5.41 Å². The van der Waals surface area contributed by atoms with E-state index in [1.807, 2.05) is 4.57 Å². The summed E-state index contributed by atoms with van der Waals surface area (Å²) in [6.45, 7) is 0.802. The Kier molecular flexibility index (Phi) is 3.16. The molecule has 4 aliphatic rings. The zero-order chi connectivity index (χ0) is 15.5. The summed E-state index contributed by atoms with van der Waals surface area (Å²) in [7, 11) is 0. The number of hydrogen-bond donors (Lipinski definition) is 2. The minimum Gasteiger partial charge on any atom is -0.365 e. The molecule has 22 heavy (non-hydrogen) atoms. The predicted molar refractivity (Wildman–Crippen MR) is 84.4 cm³/mol. The van der Waals surface area contributed by atoms with Gasteiger partial charge in [0.1, 0.15) is 5.49 Å². The smallest absolute Gasteiger partial charge is 0.252 e. The Labute approximate surface area is 135 Å². The van der Waals surface area contributed by atoms with Crippen molar-refractivity contribution >= 4 is 17.5 Å². The lowest BCUT2D eigenvalue weighted by Gasteiger charge is -2.57. The Morgan fingerprint density at radius 2 is 1.82 bits per heavy atom. The molecule has 0 atom stereocenters. The van der Waals surface area contributed by atoms with Crippen LogP contribution in [0.5, 0.6) is 0 Å². The van der Waals surface area contributed by atoms with Gasteiger partial charge in [-0.05, 0) is 67.8 Å². The second kappa shape index (κ2) is 4.85. The number of aromatic nitrogens is 1. The Bertz CT molecular complexity index is 658. The van der Waals surface area contributed by atoms with Crippen molar-refractivity contribution in [3.05, 3.63) is 28.3 Å². The van der Waals surface area contributed by atoms with Crippen molar-refractivity contribution < 1.29 is 4.79 Å². The molecule has 118 valence electrons. The maximum atomic E-state index is 11.5. The average molecular weight is 320 g/mol. The number of carbonyl (C=O) groups excluding carboxylic acids is 1. The molecular formula is C17H22ClN3O. The summed E-state index contributed by atoms with van der Waals surface area (Å²) in [5, 5.41) is 8.77. The molecule has 0 unspecified atom stereocenters. The third-order valence-electron chi connectivity index (χ3n) is 6.04. The van der Waals surface area contributed by atoms with E-state index in [0.29, 0.717) is 10.4 Å². The molecule has 5 rings (SSSR count). The third-order valence-corrected chi connectivity index (χ3v) is 6.25. The number of hydrogen-bond acceptors (Lipinski definition) is 2. The number of nitrogens with one attached hydrogen (secondary N) is 1. The molecule has 1 aromatic rings. The summed E-state index contributed by atoms with van der Waals surface area (Å²) in [5.74, 6) is 2.04. The van der Waals surface area contributed by atoms with Crippen molar-refractivity contribution in [1.82, 2.24) is 4.57 Å². The number of carbonyl (C=O) groups is 1. The molecule has 4 bridgehead atoms. The molecule has 0 aliphatic heterocycles. The summed E-state index contributed by atoms with van der Waals surface area (Å²) in [6.07, 6.45) is 9.80. The second-order valence-electron chi connectivity index (χ2n) is 7.83. The first kappa shape index (κ1) is 14.3. The van der Waals surface area contributed by atoms with Crippen molar-refractivity contribution in [3.63, 3.8) is 0 Å². The van der Waals surface area contributed by atoms with Crippen LogP contribution in [0.25, 0.3) is 0 Å². The number of amides is 1. The van der Waals surface area contributed by atoms with Crippen LogP contribution < -0.4 is 11.2 Å². The number of halogens is 1. The zero-order valence-corrected chi connectivity index (χ0v) is 13.4. The van der Waals surface area contributed by atoms with E-state index in [0.717, 1.165) is 24.3 Å². The number of rotatable bonds is 3. The van der Waals surface area contributed by atoms with Gasteiger partial charge in [0, 0.05) is 12.7 Å². The van der Waals surface area contributed by atoms with Crippen LogP contribution in [0.3, 0.4) is 0 Å². The van der Waals surface area contributed by atoms with Crippen molar-refractivity contribution in [2.45, 2.75) is 45.1 Å². The van der Waals surface area contributed by atoms with Crippen LogP contribution >= 0.6 is 11.6 Å². The van der Waals surface area contributed by atoms with Crippen LogP contribution in [0, 0.1) is 28.6 Å². The highest BCUT2D eigenvalue weighted by Gasteiger charge is 2.50. The summed E-state index contributed by atoms with van der Waals surface area (Å²) >= 11 is 6.14. The Morgan fingerprint density at radius 3 is 2.32 bits per heavy atom. The monoisotopic (exact) mass is 319 g/mol. The van der Waals surface area contributed by atoms with E-state index < -0.39 is 5.91 Å². The number of nitrogens with two attached hydrogens (primary N) is 1. The van der Waals surface area contributed by atoms with Gasteiger partial charge in [-0.1, -0.05) is 11.6 Å². The molecule has 1 heterocycles. The summed E-state index contributed by atoms with van der Waals surface area (Å²) < 4.78 is 1.86. The molecule has 4 fully saturated rings. The molecule has 0 radical (unpaired) electrons. The normalized spacial score (nSPS) is 35.8. The van der Waals surface area contributed by atoms with Crippen LogP contribution in [0.1, 0.15) is 48.9 Å². The van der Waals surface area contributed by atoms with E-state index in [1.54, 1.807) is 6.20 Å². The van der Waals surface area contributed by atoms with Gasteiger partial charge < -0.3 is 10.3 Å². The Balaban J connectivity index is 1.69. The van der Waals surface area contributed by atoms with Gasteiger partial charge in [-0.2, -0.15) is 0 Å². The maximum absolute atomic E-state index is 11.5. The minimum absolute atomic E-state index is 0.202. The molecular weight excluding hydrogens is 298 g/mol. The largest absolute Gasteiger partial charge is 0.365 e. The molecule has 0 aromatic carbocycles. The van der Waals surface area contributed by atoms with Gasteiger partial charge in [0.25, 0.3) is 5.91 Å². The van der Waals surface area contributed by atoms with Crippen LogP contribution in [-0.4, -0.2) is 10.5 Å². The number of pyridine rings is 1. The molecule has 5 heteroatoms. The van der Waals surface area contributed by atoms with Gasteiger partial charge >= 0.3 is 0 Å². The van der Waals surface area contributed by atoms with Gasteiger partial charge in [0.15, 0.2) is 0 Å². The van der Waals surface area contributed by atoms with E-state index in [1.165, 1.54) is 44.6 Å². The van der Waals surface area contributed by atoms with Crippen molar-refractivity contribution in [2.75, 3.05) is 0 Å². The lowest BCUT2D eigenvalue weighted by molar-refractivity contribution is -0.0625. The van der Waals surface area contributed by atoms with Crippen LogP contribution in [0.15, 0.2) is 12.3 Å². The molecule has 4 nitrogen and oxygen atoms in total. The van der Waals surface area contributed by atoms with Gasteiger partial charge in [-0.25, -0.2) is 0 Å². The first-order chi connectivity index (χ1) is 10.4. The summed E-state index contributed by atoms with van der Waals surface area (Å²) in [5.41, 5.74) is 6.10. The topological polar surface area (TPSA) is 71.9 Å². The summed E-state index contributed by atoms with van der Waals surface area (Å²) in [4.78, 5) is 11.5. The third kappa shape index (κ3) is 2.28. The van der Waals surface area contributed by atoms with Gasteiger partial charge in [0.05, 0.1) is 10.6 Å². The highest BCUT2D eigenvalue weighted by Crippen LogP contribution is 2.60. The van der Waals surface area contributed by atoms with Crippen molar-refractivity contribution in [2.24, 2.45) is 28.9 Å². The lowest BCUT2D eigenvalue weighted by atomic mass is 9.49. The Hall–Kier alpha value is -1.29. The fraction of sp³-hybridized carbons (Fsp3) is 0.647. The highest BCUT2D eigenvalue weighted by atomic mass is 35.5. The van der Waals surface area contributed by atoms with Crippen LogP contribution in [0.2, 0.25) is 5.02 Å². The minimum atomic E-state index is -0.577. The van der Waals surface area contributed by atoms with Gasteiger partial charge in [-0.15, -0.1) is 0 Å². The molecule has 1 aromatic heterocycles.